The summed E-state index contributed by atoms with van der Waals surface area (Å²) in [6, 6.07) is 9.17. The van der Waals surface area contributed by atoms with Crippen molar-refractivity contribution < 1.29 is 4.79 Å². The van der Waals surface area contributed by atoms with Gasteiger partial charge in [-0.25, -0.2) is 9.78 Å². The van der Waals surface area contributed by atoms with Gasteiger partial charge < -0.3 is 5.32 Å². The number of benzene rings is 1. The van der Waals surface area contributed by atoms with Crippen molar-refractivity contribution in [2.24, 2.45) is 0 Å². The fourth-order valence-electron chi connectivity index (χ4n) is 2.14. The zero-order valence-electron chi connectivity index (χ0n) is 10.9. The van der Waals surface area contributed by atoms with Crippen molar-refractivity contribution >= 4 is 35.0 Å². The maximum atomic E-state index is 11.8. The Bertz CT molecular complexity index is 574. The highest BCUT2D eigenvalue weighted by Gasteiger charge is 2.15. The van der Waals surface area contributed by atoms with E-state index in [0.717, 1.165) is 22.9 Å². The van der Waals surface area contributed by atoms with E-state index in [-0.39, 0.29) is 6.03 Å². The molecule has 104 valence electrons. The van der Waals surface area contributed by atoms with Crippen LogP contribution in [0.2, 0.25) is 0 Å². The van der Waals surface area contributed by atoms with Crippen LogP contribution in [0.4, 0.5) is 10.5 Å². The summed E-state index contributed by atoms with van der Waals surface area (Å²) in [5, 5.41) is 2.78. The Balaban J connectivity index is 1.54. The Labute approximate surface area is 126 Å². The van der Waals surface area contributed by atoms with Crippen molar-refractivity contribution in [3.63, 3.8) is 0 Å². The summed E-state index contributed by atoms with van der Waals surface area (Å²) < 4.78 is 3.69. The number of hydrogen-bond donors (Lipinski definition) is 2. The van der Waals surface area contributed by atoms with Crippen LogP contribution in [0.5, 0.6) is 0 Å². The molecule has 2 amide bonds. The molecule has 1 aromatic heterocycles. The molecule has 3 rings (SSSR count). The molecule has 0 spiro atoms. The highest BCUT2D eigenvalue weighted by atomic mass is 32.2. The smallest absolute Gasteiger partial charge is 0.307 e. The molecule has 2 N–H and O–H groups in total. The van der Waals surface area contributed by atoms with Crippen molar-refractivity contribution in [2.45, 2.75) is 30.0 Å². The first kappa shape index (κ1) is 13.5. The lowest BCUT2D eigenvalue weighted by Gasteiger charge is -2.06. The van der Waals surface area contributed by atoms with Crippen molar-refractivity contribution in [3.8, 4) is 0 Å². The van der Waals surface area contributed by atoms with Gasteiger partial charge in [0.15, 0.2) is 4.34 Å². The standard InChI is InChI=1S/C14H15N3OS2/c18-13(15-10-6-2-1-3-7-10)17-20-14-16-11-8-4-5-9-12(11)19-14/h1-3,6-7H,4-5,8-9H2,(H2,15,17,18). The normalized spacial score (nSPS) is 13.6. The van der Waals surface area contributed by atoms with Crippen molar-refractivity contribution in [1.82, 2.24) is 9.71 Å². The number of hydrogen-bond acceptors (Lipinski definition) is 4. The number of urea groups is 1. The number of carbonyl (C=O) groups excluding carboxylic acids is 1. The average molecular weight is 305 g/mol. The van der Waals surface area contributed by atoms with Crippen LogP contribution in [0.1, 0.15) is 23.4 Å². The number of thiazole rings is 1. The first-order valence-corrected chi connectivity index (χ1v) is 8.22. The predicted octanol–water partition coefficient (Wildman–Crippen LogP) is 3.85. The lowest BCUT2D eigenvalue weighted by Crippen LogP contribution is -2.22. The minimum atomic E-state index is -0.227. The summed E-state index contributed by atoms with van der Waals surface area (Å²) in [4.78, 5) is 17.7. The third kappa shape index (κ3) is 3.32. The Morgan fingerprint density at radius 1 is 1.20 bits per heavy atom. The maximum absolute atomic E-state index is 11.8. The van der Waals surface area contributed by atoms with Crippen LogP contribution in [-0.4, -0.2) is 11.0 Å². The van der Waals surface area contributed by atoms with Gasteiger partial charge in [-0.05, 0) is 37.8 Å². The second-order valence-corrected chi connectivity index (χ2v) is 6.72. The molecule has 6 heteroatoms. The Morgan fingerprint density at radius 2 is 2.00 bits per heavy atom. The van der Waals surface area contributed by atoms with E-state index in [2.05, 4.69) is 15.0 Å². The fourth-order valence-corrected chi connectivity index (χ4v) is 4.00. The van der Waals surface area contributed by atoms with E-state index in [9.17, 15) is 4.79 Å². The van der Waals surface area contributed by atoms with E-state index in [1.807, 2.05) is 30.3 Å². The number of carbonyl (C=O) groups is 1. The minimum Gasteiger partial charge on any atom is -0.307 e. The highest BCUT2D eigenvalue weighted by Crippen LogP contribution is 2.30. The quantitative estimate of drug-likeness (QED) is 0.847. The van der Waals surface area contributed by atoms with Gasteiger partial charge in [0.25, 0.3) is 0 Å². The largest absolute Gasteiger partial charge is 0.329 e. The van der Waals surface area contributed by atoms with E-state index in [1.54, 1.807) is 11.3 Å². The van der Waals surface area contributed by atoms with Crippen molar-refractivity contribution in [3.05, 3.63) is 40.9 Å². The van der Waals surface area contributed by atoms with E-state index < -0.39 is 0 Å². The summed E-state index contributed by atoms with van der Waals surface area (Å²) >= 11 is 2.98. The lowest BCUT2D eigenvalue weighted by molar-refractivity contribution is 0.257. The molecule has 2 aromatic rings. The van der Waals surface area contributed by atoms with Crippen LogP contribution in [0, 0.1) is 0 Å². The van der Waals surface area contributed by atoms with E-state index >= 15 is 0 Å². The molecule has 0 saturated heterocycles. The van der Waals surface area contributed by atoms with Crippen LogP contribution in [0.15, 0.2) is 34.7 Å². The molecular weight excluding hydrogens is 290 g/mol. The van der Waals surface area contributed by atoms with Gasteiger partial charge in [0.05, 0.1) is 5.69 Å². The average Bonchev–Trinajstić information content (AvgIpc) is 2.89. The van der Waals surface area contributed by atoms with Gasteiger partial charge in [0, 0.05) is 22.5 Å². The summed E-state index contributed by atoms with van der Waals surface area (Å²) in [5.41, 5.74) is 2.00. The molecule has 0 radical (unpaired) electrons. The molecular formula is C14H15N3OS2. The monoisotopic (exact) mass is 305 g/mol. The zero-order chi connectivity index (χ0) is 13.8. The minimum absolute atomic E-state index is 0.227. The third-order valence-corrected chi connectivity index (χ3v) is 5.09. The first-order valence-electron chi connectivity index (χ1n) is 6.59. The van der Waals surface area contributed by atoms with Gasteiger partial charge in [-0.15, -0.1) is 11.3 Å². The maximum Gasteiger partial charge on any atom is 0.329 e. The number of para-hydroxylation sites is 1. The number of nitrogens with zero attached hydrogens (tertiary/aromatic N) is 1. The molecule has 1 aromatic carbocycles. The second kappa shape index (κ2) is 6.28. The molecule has 4 nitrogen and oxygen atoms in total. The Hall–Kier alpha value is -1.53. The third-order valence-electron chi connectivity index (χ3n) is 3.09. The van der Waals surface area contributed by atoms with Crippen LogP contribution in [-0.2, 0) is 12.8 Å². The van der Waals surface area contributed by atoms with Gasteiger partial charge in [-0.2, -0.15) is 0 Å². The predicted molar refractivity (Wildman–Crippen MR) is 83.2 cm³/mol. The van der Waals surface area contributed by atoms with Crippen LogP contribution in [0.3, 0.4) is 0 Å². The van der Waals surface area contributed by atoms with Crippen molar-refractivity contribution in [1.29, 1.82) is 0 Å². The first-order chi connectivity index (χ1) is 9.81. The van der Waals surface area contributed by atoms with E-state index in [4.69, 9.17) is 0 Å². The second-order valence-electron chi connectivity index (χ2n) is 4.58. The molecule has 20 heavy (non-hydrogen) atoms. The highest BCUT2D eigenvalue weighted by molar-refractivity contribution is 7.99. The number of aromatic nitrogens is 1. The SMILES string of the molecule is O=C(NSc1nc2c(s1)CCCC2)Nc1ccccc1. The number of aryl methyl sites for hydroxylation is 2. The molecule has 0 unspecified atom stereocenters. The molecule has 1 heterocycles. The Morgan fingerprint density at radius 3 is 2.80 bits per heavy atom. The van der Waals surface area contributed by atoms with Gasteiger partial charge in [0.1, 0.15) is 0 Å². The summed E-state index contributed by atoms with van der Waals surface area (Å²) in [7, 11) is 0. The number of rotatable bonds is 3. The number of amides is 2. The van der Waals surface area contributed by atoms with E-state index in [1.165, 1.54) is 35.4 Å². The van der Waals surface area contributed by atoms with Crippen LogP contribution < -0.4 is 10.0 Å². The summed E-state index contributed by atoms with van der Waals surface area (Å²) in [6.45, 7) is 0. The molecule has 1 aliphatic rings. The lowest BCUT2D eigenvalue weighted by atomic mass is 10.0. The molecule has 1 aliphatic carbocycles. The molecule has 0 aliphatic heterocycles. The van der Waals surface area contributed by atoms with Gasteiger partial charge >= 0.3 is 6.03 Å². The molecule has 0 atom stereocenters. The van der Waals surface area contributed by atoms with Crippen molar-refractivity contribution in [2.75, 3.05) is 5.32 Å². The number of nitrogens with one attached hydrogen (secondary N) is 2. The van der Waals surface area contributed by atoms with Gasteiger partial charge in [0.2, 0.25) is 0 Å². The fraction of sp³-hybridized carbons (Fsp3) is 0.286. The number of anilines is 1. The van der Waals surface area contributed by atoms with E-state index in [0.29, 0.717) is 0 Å². The van der Waals surface area contributed by atoms with Gasteiger partial charge in [-0.1, -0.05) is 18.2 Å². The summed E-state index contributed by atoms with van der Waals surface area (Å²) in [5.74, 6) is 0. The molecule has 0 bridgehead atoms. The number of fused-ring (bicyclic) bond motifs is 1. The Kier molecular flexibility index (Phi) is 4.22. The molecule has 0 saturated carbocycles. The zero-order valence-corrected chi connectivity index (χ0v) is 12.5. The topological polar surface area (TPSA) is 54.0 Å². The van der Waals surface area contributed by atoms with Crippen LogP contribution >= 0.6 is 23.3 Å². The van der Waals surface area contributed by atoms with Crippen LogP contribution in [0.25, 0.3) is 0 Å². The van der Waals surface area contributed by atoms with Gasteiger partial charge in [-0.3, -0.25) is 4.72 Å². The molecule has 0 fully saturated rings. The summed E-state index contributed by atoms with van der Waals surface area (Å²) in [6.07, 6.45) is 4.68.